The van der Waals surface area contributed by atoms with Crippen molar-refractivity contribution in [1.82, 2.24) is 4.31 Å². The number of nitrogen functional groups attached to an aromatic ring is 1. The smallest absolute Gasteiger partial charge is 0.271 e. The predicted molar refractivity (Wildman–Crippen MR) is 78.1 cm³/mol. The van der Waals surface area contributed by atoms with Gasteiger partial charge in [0.15, 0.2) is 0 Å². The Kier molecular flexibility index (Phi) is 4.45. The molecule has 0 bridgehead atoms. The molecule has 0 saturated carbocycles. The second-order valence-corrected chi connectivity index (χ2v) is 7.10. The third-order valence-electron chi connectivity index (χ3n) is 3.57. The van der Waals surface area contributed by atoms with Crippen molar-refractivity contribution in [3.05, 3.63) is 28.3 Å². The molecule has 3 N–H and O–H groups in total. The SMILES string of the molecule is CC1CCCN(S(=O)(=O)c2ccc([N+](=O)[O-])cc2NN)C1. The Morgan fingerprint density at radius 2 is 2.19 bits per heavy atom. The summed E-state index contributed by atoms with van der Waals surface area (Å²) in [5.41, 5.74) is 2.05. The van der Waals surface area contributed by atoms with E-state index in [4.69, 9.17) is 5.84 Å². The molecule has 21 heavy (non-hydrogen) atoms. The Morgan fingerprint density at radius 3 is 2.76 bits per heavy atom. The number of hydrogen-bond acceptors (Lipinski definition) is 6. The number of nitro benzene ring substituents is 1. The minimum Gasteiger partial charge on any atom is -0.323 e. The lowest BCUT2D eigenvalue weighted by Crippen LogP contribution is -2.39. The van der Waals surface area contributed by atoms with Crippen molar-refractivity contribution < 1.29 is 13.3 Å². The summed E-state index contributed by atoms with van der Waals surface area (Å²) >= 11 is 0. The summed E-state index contributed by atoms with van der Waals surface area (Å²) in [7, 11) is -3.71. The van der Waals surface area contributed by atoms with Crippen LogP contribution in [0, 0.1) is 16.0 Å². The average Bonchev–Trinajstić information content (AvgIpc) is 2.46. The number of benzene rings is 1. The molecule has 0 radical (unpaired) electrons. The fourth-order valence-electron chi connectivity index (χ4n) is 2.47. The first kappa shape index (κ1) is 15.7. The summed E-state index contributed by atoms with van der Waals surface area (Å²) in [6.45, 7) is 2.90. The van der Waals surface area contributed by atoms with Crippen LogP contribution >= 0.6 is 0 Å². The highest BCUT2D eigenvalue weighted by atomic mass is 32.2. The highest BCUT2D eigenvalue weighted by Gasteiger charge is 2.31. The minimum atomic E-state index is -3.71. The number of piperidine rings is 1. The largest absolute Gasteiger partial charge is 0.323 e. The number of nitrogens with zero attached hydrogens (tertiary/aromatic N) is 2. The van der Waals surface area contributed by atoms with Gasteiger partial charge in [0, 0.05) is 25.2 Å². The Labute approximate surface area is 123 Å². The van der Waals surface area contributed by atoms with Crippen LogP contribution in [0.1, 0.15) is 19.8 Å². The van der Waals surface area contributed by atoms with Gasteiger partial charge in [0.25, 0.3) is 5.69 Å². The van der Waals surface area contributed by atoms with E-state index >= 15 is 0 Å². The van der Waals surface area contributed by atoms with Crippen LogP contribution in [0.5, 0.6) is 0 Å². The van der Waals surface area contributed by atoms with Crippen molar-refractivity contribution >= 4 is 21.4 Å². The molecular weight excluding hydrogens is 296 g/mol. The van der Waals surface area contributed by atoms with Gasteiger partial charge in [-0.05, 0) is 24.8 Å². The molecule has 0 spiro atoms. The van der Waals surface area contributed by atoms with Gasteiger partial charge in [0.1, 0.15) is 4.90 Å². The number of nitro groups is 1. The summed E-state index contributed by atoms with van der Waals surface area (Å²) in [6.07, 6.45) is 1.80. The molecule has 1 saturated heterocycles. The zero-order chi connectivity index (χ0) is 15.6. The summed E-state index contributed by atoms with van der Waals surface area (Å²) in [5, 5.41) is 10.8. The van der Waals surface area contributed by atoms with E-state index in [1.807, 2.05) is 6.92 Å². The third-order valence-corrected chi connectivity index (χ3v) is 5.49. The maximum absolute atomic E-state index is 12.7. The van der Waals surface area contributed by atoms with Crippen molar-refractivity contribution in [2.24, 2.45) is 11.8 Å². The van der Waals surface area contributed by atoms with Gasteiger partial charge in [-0.2, -0.15) is 4.31 Å². The molecule has 116 valence electrons. The lowest BCUT2D eigenvalue weighted by molar-refractivity contribution is -0.384. The molecule has 1 fully saturated rings. The fourth-order valence-corrected chi connectivity index (χ4v) is 4.21. The molecule has 1 aliphatic rings. The molecule has 1 unspecified atom stereocenters. The lowest BCUT2D eigenvalue weighted by Gasteiger charge is -2.30. The number of rotatable bonds is 4. The maximum Gasteiger partial charge on any atom is 0.271 e. The molecule has 0 amide bonds. The second kappa shape index (κ2) is 5.96. The number of hydrogen-bond donors (Lipinski definition) is 2. The summed E-state index contributed by atoms with van der Waals surface area (Å²) in [5.74, 6) is 5.61. The van der Waals surface area contributed by atoms with Crippen LogP contribution in [-0.2, 0) is 10.0 Å². The van der Waals surface area contributed by atoms with E-state index in [2.05, 4.69) is 5.43 Å². The first-order valence-corrected chi connectivity index (χ1v) is 8.05. The monoisotopic (exact) mass is 314 g/mol. The normalized spacial score (nSPS) is 20.2. The molecule has 1 heterocycles. The van der Waals surface area contributed by atoms with Crippen LogP contribution in [0.15, 0.2) is 23.1 Å². The standard InChI is InChI=1S/C12H18N4O4S/c1-9-3-2-6-15(8-9)21(19,20)12-5-4-10(16(17)18)7-11(12)14-13/h4-5,7,9,14H,2-3,6,8,13H2,1H3. The van der Waals surface area contributed by atoms with Gasteiger partial charge in [-0.25, -0.2) is 8.42 Å². The molecule has 8 nitrogen and oxygen atoms in total. The van der Waals surface area contributed by atoms with E-state index in [-0.39, 0.29) is 16.3 Å². The van der Waals surface area contributed by atoms with Crippen LogP contribution in [0.25, 0.3) is 0 Å². The molecule has 1 atom stereocenters. The van der Waals surface area contributed by atoms with Gasteiger partial charge >= 0.3 is 0 Å². The van der Waals surface area contributed by atoms with Gasteiger partial charge in [0.2, 0.25) is 10.0 Å². The van der Waals surface area contributed by atoms with Crippen molar-refractivity contribution in [3.8, 4) is 0 Å². The number of nitrogens with one attached hydrogen (secondary N) is 1. The predicted octanol–water partition coefficient (Wildman–Crippen LogP) is 1.30. The third kappa shape index (κ3) is 3.14. The number of hydrazine groups is 1. The van der Waals surface area contributed by atoms with Crippen LogP contribution in [0.4, 0.5) is 11.4 Å². The van der Waals surface area contributed by atoms with Crippen LogP contribution in [0.3, 0.4) is 0 Å². The van der Waals surface area contributed by atoms with Gasteiger partial charge in [-0.1, -0.05) is 6.92 Å². The quantitative estimate of drug-likeness (QED) is 0.491. The number of anilines is 1. The van der Waals surface area contributed by atoms with Crippen LogP contribution < -0.4 is 11.3 Å². The number of sulfonamides is 1. The van der Waals surface area contributed by atoms with E-state index in [1.165, 1.54) is 16.4 Å². The highest BCUT2D eigenvalue weighted by Crippen LogP contribution is 2.30. The molecule has 1 aromatic rings. The topological polar surface area (TPSA) is 119 Å². The van der Waals surface area contributed by atoms with E-state index < -0.39 is 14.9 Å². The molecule has 0 aromatic heterocycles. The molecule has 1 aliphatic heterocycles. The Hall–Kier alpha value is -1.71. The minimum absolute atomic E-state index is 0.0300. The molecule has 9 heteroatoms. The fraction of sp³-hybridized carbons (Fsp3) is 0.500. The summed E-state index contributed by atoms with van der Waals surface area (Å²) in [4.78, 5) is 10.1. The molecular formula is C12H18N4O4S. The zero-order valence-corrected chi connectivity index (χ0v) is 12.5. The first-order chi connectivity index (χ1) is 9.86. The number of non-ortho nitro benzene ring substituents is 1. The Balaban J connectivity index is 2.42. The summed E-state index contributed by atoms with van der Waals surface area (Å²) in [6, 6.07) is 3.52. The van der Waals surface area contributed by atoms with Crippen molar-refractivity contribution in [2.45, 2.75) is 24.7 Å². The zero-order valence-electron chi connectivity index (χ0n) is 11.7. The molecule has 0 aliphatic carbocycles. The maximum atomic E-state index is 12.7. The Bertz CT molecular complexity index is 647. The highest BCUT2D eigenvalue weighted by molar-refractivity contribution is 7.89. The van der Waals surface area contributed by atoms with Crippen molar-refractivity contribution in [1.29, 1.82) is 0 Å². The average molecular weight is 314 g/mol. The van der Waals surface area contributed by atoms with Crippen molar-refractivity contribution in [2.75, 3.05) is 18.5 Å². The first-order valence-electron chi connectivity index (χ1n) is 6.61. The van der Waals surface area contributed by atoms with Gasteiger partial charge in [-0.3, -0.25) is 16.0 Å². The van der Waals surface area contributed by atoms with Gasteiger partial charge in [-0.15, -0.1) is 0 Å². The summed E-state index contributed by atoms with van der Waals surface area (Å²) < 4.78 is 26.7. The van der Waals surface area contributed by atoms with Gasteiger partial charge in [0.05, 0.1) is 10.6 Å². The van der Waals surface area contributed by atoms with Crippen molar-refractivity contribution in [3.63, 3.8) is 0 Å². The Morgan fingerprint density at radius 1 is 1.48 bits per heavy atom. The van der Waals surface area contributed by atoms with Crippen LogP contribution in [-0.4, -0.2) is 30.7 Å². The van der Waals surface area contributed by atoms with E-state index in [0.29, 0.717) is 19.0 Å². The second-order valence-electron chi connectivity index (χ2n) is 5.19. The number of nitrogens with two attached hydrogens (primary N) is 1. The van der Waals surface area contributed by atoms with Crippen LogP contribution in [0.2, 0.25) is 0 Å². The molecule has 2 rings (SSSR count). The van der Waals surface area contributed by atoms with E-state index in [9.17, 15) is 18.5 Å². The van der Waals surface area contributed by atoms with Gasteiger partial charge < -0.3 is 5.43 Å². The lowest BCUT2D eigenvalue weighted by atomic mass is 10.0. The van der Waals surface area contributed by atoms with E-state index in [1.54, 1.807) is 0 Å². The van der Waals surface area contributed by atoms with E-state index in [0.717, 1.165) is 18.9 Å². The molecule has 1 aromatic carbocycles.